The van der Waals surface area contributed by atoms with Crippen molar-refractivity contribution >= 4 is 23.0 Å². The van der Waals surface area contributed by atoms with E-state index in [2.05, 4.69) is 48.5 Å². The van der Waals surface area contributed by atoms with E-state index in [1.54, 1.807) is 31.5 Å². The summed E-state index contributed by atoms with van der Waals surface area (Å²) in [5.41, 5.74) is 4.13. The highest BCUT2D eigenvalue weighted by Crippen LogP contribution is 2.25. The summed E-state index contributed by atoms with van der Waals surface area (Å²) >= 11 is 0. The molecule has 0 aliphatic heterocycles. The fourth-order valence-electron chi connectivity index (χ4n) is 2.76. The van der Waals surface area contributed by atoms with Crippen LogP contribution in [0.2, 0.25) is 0 Å². The lowest BCUT2D eigenvalue weighted by molar-refractivity contribution is 0.102. The molecule has 1 heterocycles. The number of hydrogen-bond donors (Lipinski definition) is 2. The van der Waals surface area contributed by atoms with Gasteiger partial charge in [0.2, 0.25) is 0 Å². The lowest BCUT2D eigenvalue weighted by Crippen LogP contribution is -2.14. The van der Waals surface area contributed by atoms with Crippen LogP contribution in [0.5, 0.6) is 5.75 Å². The van der Waals surface area contributed by atoms with Crippen molar-refractivity contribution < 1.29 is 9.53 Å². The first-order valence-corrected chi connectivity index (χ1v) is 9.15. The topological polar surface area (TPSA) is 63.2 Å². The first kappa shape index (κ1) is 19.4. The monoisotopic (exact) mass is 375 g/mol. The Kier molecular flexibility index (Phi) is 5.64. The summed E-state index contributed by atoms with van der Waals surface area (Å²) in [6.45, 7) is 6.57. The molecule has 0 radical (unpaired) electrons. The van der Waals surface area contributed by atoms with Crippen LogP contribution in [0, 0.1) is 0 Å². The molecule has 0 aliphatic rings. The highest BCUT2D eigenvalue weighted by Gasteiger charge is 2.13. The highest BCUT2D eigenvalue weighted by molar-refractivity contribution is 6.03. The van der Waals surface area contributed by atoms with Crippen molar-refractivity contribution in [1.29, 1.82) is 0 Å². The third kappa shape index (κ3) is 4.68. The summed E-state index contributed by atoms with van der Waals surface area (Å²) in [6.07, 6.45) is 1.65. The number of carbonyl (C=O) groups excluding carboxylic acids is 1. The second-order valence-corrected chi connectivity index (χ2v) is 7.54. The van der Waals surface area contributed by atoms with Gasteiger partial charge >= 0.3 is 0 Å². The zero-order chi connectivity index (χ0) is 20.1. The summed E-state index contributed by atoms with van der Waals surface area (Å²) < 4.78 is 5.25. The van der Waals surface area contributed by atoms with Crippen molar-refractivity contribution in [1.82, 2.24) is 4.98 Å². The van der Waals surface area contributed by atoms with Crippen molar-refractivity contribution in [2.45, 2.75) is 26.2 Å². The number of amides is 1. The number of methoxy groups -OCH3 is 1. The van der Waals surface area contributed by atoms with E-state index in [1.807, 2.05) is 30.3 Å². The van der Waals surface area contributed by atoms with E-state index in [0.29, 0.717) is 17.1 Å². The van der Waals surface area contributed by atoms with Crippen LogP contribution in [0.1, 0.15) is 36.8 Å². The average Bonchev–Trinajstić information content (AvgIpc) is 2.68. The number of nitrogens with zero attached hydrogens (tertiary/aromatic N) is 1. The summed E-state index contributed by atoms with van der Waals surface area (Å²) in [6, 6.07) is 19.1. The van der Waals surface area contributed by atoms with Gasteiger partial charge in [0.05, 0.1) is 24.7 Å². The molecule has 0 atom stereocenters. The minimum absolute atomic E-state index is 0.122. The van der Waals surface area contributed by atoms with Crippen LogP contribution < -0.4 is 15.4 Å². The molecule has 5 heteroatoms. The van der Waals surface area contributed by atoms with Crippen molar-refractivity contribution in [3.8, 4) is 5.75 Å². The Balaban J connectivity index is 1.67. The maximum Gasteiger partial charge on any atom is 0.274 e. The van der Waals surface area contributed by atoms with Gasteiger partial charge in [0.15, 0.2) is 0 Å². The molecule has 0 saturated carbocycles. The third-order valence-corrected chi connectivity index (χ3v) is 4.39. The molecule has 28 heavy (non-hydrogen) atoms. The third-order valence-electron chi connectivity index (χ3n) is 4.39. The standard InChI is InChI=1S/C23H25N3O2/c1-23(2,3)16-9-11-17(12-10-16)25-18-13-14-20(24-15-18)22(27)26-19-7-5-6-8-21(19)28-4/h5-15,25H,1-4H3,(H,26,27). The Morgan fingerprint density at radius 2 is 1.61 bits per heavy atom. The zero-order valence-corrected chi connectivity index (χ0v) is 16.6. The van der Waals surface area contributed by atoms with Gasteiger partial charge in [-0.15, -0.1) is 0 Å². The van der Waals surface area contributed by atoms with Gasteiger partial charge in [-0.2, -0.15) is 0 Å². The highest BCUT2D eigenvalue weighted by atomic mass is 16.5. The van der Waals surface area contributed by atoms with E-state index in [1.165, 1.54) is 5.56 Å². The lowest BCUT2D eigenvalue weighted by Gasteiger charge is -2.19. The molecule has 2 N–H and O–H groups in total. The Hall–Kier alpha value is -3.34. The van der Waals surface area contributed by atoms with Gasteiger partial charge in [-0.25, -0.2) is 4.98 Å². The molecule has 0 aliphatic carbocycles. The van der Waals surface area contributed by atoms with Crippen LogP contribution >= 0.6 is 0 Å². The van der Waals surface area contributed by atoms with Crippen molar-refractivity contribution in [2.75, 3.05) is 17.7 Å². The van der Waals surface area contributed by atoms with Crippen LogP contribution in [0.15, 0.2) is 66.9 Å². The van der Waals surface area contributed by atoms with Crippen LogP contribution in [0.4, 0.5) is 17.1 Å². The fraction of sp³-hybridized carbons (Fsp3) is 0.217. The van der Waals surface area contributed by atoms with Gasteiger partial charge in [0.1, 0.15) is 11.4 Å². The number of para-hydroxylation sites is 2. The molecule has 2 aromatic carbocycles. The van der Waals surface area contributed by atoms with Gasteiger partial charge in [-0.1, -0.05) is 45.0 Å². The van der Waals surface area contributed by atoms with Crippen molar-refractivity contribution in [3.05, 3.63) is 78.1 Å². The minimum Gasteiger partial charge on any atom is -0.495 e. The van der Waals surface area contributed by atoms with Crippen LogP contribution in [-0.2, 0) is 5.41 Å². The molecule has 0 spiro atoms. The number of benzene rings is 2. The van der Waals surface area contributed by atoms with E-state index in [-0.39, 0.29) is 11.3 Å². The molecular weight excluding hydrogens is 350 g/mol. The second-order valence-electron chi connectivity index (χ2n) is 7.54. The number of hydrogen-bond acceptors (Lipinski definition) is 4. The average molecular weight is 375 g/mol. The molecule has 3 aromatic rings. The number of anilines is 3. The molecule has 1 amide bonds. The number of pyridine rings is 1. The molecule has 144 valence electrons. The first-order chi connectivity index (χ1) is 13.4. The van der Waals surface area contributed by atoms with E-state index >= 15 is 0 Å². The number of nitrogens with one attached hydrogen (secondary N) is 2. The van der Waals surface area contributed by atoms with Gasteiger partial charge in [0, 0.05) is 5.69 Å². The molecule has 1 aromatic heterocycles. The summed E-state index contributed by atoms with van der Waals surface area (Å²) in [7, 11) is 1.57. The normalized spacial score (nSPS) is 11.0. The van der Waals surface area contributed by atoms with E-state index < -0.39 is 0 Å². The van der Waals surface area contributed by atoms with Gasteiger partial charge in [-0.05, 0) is 47.4 Å². The van der Waals surface area contributed by atoms with E-state index in [0.717, 1.165) is 11.4 Å². The van der Waals surface area contributed by atoms with Crippen LogP contribution in [0.3, 0.4) is 0 Å². The first-order valence-electron chi connectivity index (χ1n) is 9.15. The van der Waals surface area contributed by atoms with Crippen molar-refractivity contribution in [2.24, 2.45) is 0 Å². The van der Waals surface area contributed by atoms with Gasteiger partial charge in [0.25, 0.3) is 5.91 Å². The maximum absolute atomic E-state index is 12.4. The summed E-state index contributed by atoms with van der Waals surface area (Å²) in [5, 5.41) is 6.12. The molecule has 0 saturated heterocycles. The second kappa shape index (κ2) is 8.13. The predicted molar refractivity (Wildman–Crippen MR) is 114 cm³/mol. The van der Waals surface area contributed by atoms with Gasteiger partial charge in [-0.3, -0.25) is 4.79 Å². The lowest BCUT2D eigenvalue weighted by atomic mass is 9.87. The Labute approximate surface area is 165 Å². The van der Waals surface area contributed by atoms with Crippen molar-refractivity contribution in [3.63, 3.8) is 0 Å². The fourth-order valence-corrected chi connectivity index (χ4v) is 2.76. The molecule has 0 unspecified atom stereocenters. The Morgan fingerprint density at radius 3 is 2.21 bits per heavy atom. The van der Waals surface area contributed by atoms with Gasteiger partial charge < -0.3 is 15.4 Å². The maximum atomic E-state index is 12.4. The van der Waals surface area contributed by atoms with Crippen LogP contribution in [-0.4, -0.2) is 18.0 Å². The molecule has 5 nitrogen and oxygen atoms in total. The minimum atomic E-state index is -0.286. The molecule has 0 bridgehead atoms. The van der Waals surface area contributed by atoms with E-state index in [4.69, 9.17) is 4.74 Å². The SMILES string of the molecule is COc1ccccc1NC(=O)c1ccc(Nc2ccc(C(C)(C)C)cc2)cn1. The molecular formula is C23H25N3O2. The summed E-state index contributed by atoms with van der Waals surface area (Å²) in [4.78, 5) is 16.7. The number of ether oxygens (including phenoxy) is 1. The molecule has 0 fully saturated rings. The van der Waals surface area contributed by atoms with Crippen LogP contribution in [0.25, 0.3) is 0 Å². The predicted octanol–water partition coefficient (Wildman–Crippen LogP) is 5.38. The largest absolute Gasteiger partial charge is 0.495 e. The quantitative estimate of drug-likeness (QED) is 0.628. The zero-order valence-electron chi connectivity index (χ0n) is 16.6. The van der Waals surface area contributed by atoms with E-state index in [9.17, 15) is 4.79 Å². The Morgan fingerprint density at radius 1 is 0.929 bits per heavy atom. The number of rotatable bonds is 5. The molecule has 3 rings (SSSR count). The number of aromatic nitrogens is 1. The summed E-state index contributed by atoms with van der Waals surface area (Å²) in [5.74, 6) is 0.318. The smallest absolute Gasteiger partial charge is 0.274 e. The Bertz CT molecular complexity index is 943. The number of carbonyl (C=O) groups is 1.